The van der Waals surface area contributed by atoms with Crippen molar-refractivity contribution >= 4 is 12.2 Å². The van der Waals surface area contributed by atoms with Crippen molar-refractivity contribution in [2.45, 2.75) is 25.3 Å². The number of likely N-dealkylation sites (N-methyl/N-ethyl adjacent to an activating group) is 2. The molecule has 4 aromatic rings. The molecule has 0 aromatic heterocycles. The molecule has 7 rings (SSSR count). The minimum absolute atomic E-state index is 0.0430. The number of aldehydes is 1. The Balaban J connectivity index is 1.22. The Morgan fingerprint density at radius 1 is 0.830 bits per heavy atom. The highest BCUT2D eigenvalue weighted by Crippen LogP contribution is 2.52. The van der Waals surface area contributed by atoms with Crippen molar-refractivity contribution in [3.63, 3.8) is 0 Å². The standard InChI is InChI=1S/C37H36N2O8/c1-38-13-12-25-18-33-35(45-21-44-33)36(47-32-19-27-24(17-30(32)43-4)11-14-39(2)37(27)41)34(25)28(38)15-22-5-8-26(9-6-22)46-31-16-23(20-40)7-10-29(31)42-3/h5-10,16-20,28H,11-15,21H2,1-4H3/t28-/m1/s1. The van der Waals surface area contributed by atoms with Gasteiger partial charge in [0.05, 0.1) is 14.2 Å². The lowest BCUT2D eigenvalue weighted by Crippen LogP contribution is -2.34. The summed E-state index contributed by atoms with van der Waals surface area (Å²) >= 11 is 0. The van der Waals surface area contributed by atoms with Crippen LogP contribution in [-0.2, 0) is 19.3 Å². The molecule has 0 N–H and O–H groups in total. The lowest BCUT2D eigenvalue weighted by atomic mass is 9.87. The summed E-state index contributed by atoms with van der Waals surface area (Å²) in [4.78, 5) is 28.4. The van der Waals surface area contributed by atoms with Crippen molar-refractivity contribution in [2.24, 2.45) is 0 Å². The Bertz CT molecular complexity index is 1850. The summed E-state index contributed by atoms with van der Waals surface area (Å²) < 4.78 is 35.9. The first-order valence-corrected chi connectivity index (χ1v) is 15.6. The van der Waals surface area contributed by atoms with Crippen LogP contribution in [0.4, 0.5) is 0 Å². The normalized spacial score (nSPS) is 16.7. The summed E-state index contributed by atoms with van der Waals surface area (Å²) in [5.41, 5.74) is 5.29. The fourth-order valence-corrected chi connectivity index (χ4v) is 6.52. The van der Waals surface area contributed by atoms with E-state index in [4.69, 9.17) is 28.4 Å². The van der Waals surface area contributed by atoms with Gasteiger partial charge < -0.3 is 33.3 Å². The third-order valence-electron chi connectivity index (χ3n) is 9.14. The summed E-state index contributed by atoms with van der Waals surface area (Å²) in [5, 5.41) is 0. The number of nitrogens with zero attached hydrogens (tertiary/aromatic N) is 2. The van der Waals surface area contributed by atoms with E-state index in [1.54, 1.807) is 43.4 Å². The molecule has 10 nitrogen and oxygen atoms in total. The first-order chi connectivity index (χ1) is 22.9. The molecule has 0 bridgehead atoms. The Morgan fingerprint density at radius 2 is 1.60 bits per heavy atom. The first-order valence-electron chi connectivity index (χ1n) is 15.6. The molecule has 3 heterocycles. The summed E-state index contributed by atoms with van der Waals surface area (Å²) in [6.07, 6.45) is 3.03. The molecule has 1 atom stereocenters. The molecule has 0 unspecified atom stereocenters. The predicted octanol–water partition coefficient (Wildman–Crippen LogP) is 6.23. The van der Waals surface area contributed by atoms with E-state index in [0.717, 1.165) is 47.9 Å². The van der Waals surface area contributed by atoms with Gasteiger partial charge in [0.15, 0.2) is 34.5 Å². The van der Waals surface area contributed by atoms with Crippen LogP contribution in [-0.4, -0.2) is 70.2 Å². The van der Waals surface area contributed by atoms with Gasteiger partial charge >= 0.3 is 0 Å². The van der Waals surface area contributed by atoms with Gasteiger partial charge in [-0.3, -0.25) is 14.5 Å². The van der Waals surface area contributed by atoms with E-state index < -0.39 is 0 Å². The van der Waals surface area contributed by atoms with Crippen molar-refractivity contribution < 1.29 is 38.0 Å². The van der Waals surface area contributed by atoms with E-state index in [1.165, 1.54) is 0 Å². The number of methoxy groups -OCH3 is 2. The number of hydrogen-bond acceptors (Lipinski definition) is 9. The van der Waals surface area contributed by atoms with Crippen LogP contribution in [0.5, 0.6) is 46.0 Å². The van der Waals surface area contributed by atoms with E-state index in [9.17, 15) is 9.59 Å². The van der Waals surface area contributed by atoms with Gasteiger partial charge in [-0.1, -0.05) is 12.1 Å². The summed E-state index contributed by atoms with van der Waals surface area (Å²) in [6.45, 7) is 1.61. The number of ether oxygens (including phenoxy) is 6. The first kappa shape index (κ1) is 30.4. The van der Waals surface area contributed by atoms with Gasteiger partial charge in [0.2, 0.25) is 12.5 Å². The molecule has 1 amide bonds. The van der Waals surface area contributed by atoms with Gasteiger partial charge in [0.25, 0.3) is 5.91 Å². The second-order valence-corrected chi connectivity index (χ2v) is 12.0. The summed E-state index contributed by atoms with van der Waals surface area (Å²) in [6, 6.07) is 18.7. The SMILES string of the molecule is COc1ccc(C=O)cc1Oc1ccc(C[C@@H]2c3c(cc4c(c3Oc3cc5c(cc3OC)CCN(C)C5=O)OCO4)CCN2C)cc1. The van der Waals surface area contributed by atoms with Gasteiger partial charge in [-0.25, -0.2) is 0 Å². The second kappa shape index (κ2) is 12.5. The quantitative estimate of drug-likeness (QED) is 0.198. The third kappa shape index (κ3) is 5.69. The van der Waals surface area contributed by atoms with Crippen LogP contribution in [0.1, 0.15) is 49.0 Å². The zero-order valence-corrected chi connectivity index (χ0v) is 26.8. The number of amides is 1. The second-order valence-electron chi connectivity index (χ2n) is 12.0. The van der Waals surface area contributed by atoms with Gasteiger partial charge in [-0.2, -0.15) is 0 Å². The van der Waals surface area contributed by atoms with Gasteiger partial charge in [-0.15, -0.1) is 0 Å². The van der Waals surface area contributed by atoms with Crippen LogP contribution in [0, 0.1) is 0 Å². The average Bonchev–Trinajstić information content (AvgIpc) is 3.57. The maximum absolute atomic E-state index is 13.1. The molecule has 242 valence electrons. The van der Waals surface area contributed by atoms with Crippen LogP contribution in [0.2, 0.25) is 0 Å². The number of hydrogen-bond donors (Lipinski definition) is 0. The van der Waals surface area contributed by atoms with E-state index in [0.29, 0.717) is 70.1 Å². The van der Waals surface area contributed by atoms with Crippen molar-refractivity contribution in [1.29, 1.82) is 0 Å². The molecule has 10 heteroatoms. The predicted molar refractivity (Wildman–Crippen MR) is 174 cm³/mol. The Labute approximate surface area is 273 Å². The van der Waals surface area contributed by atoms with Gasteiger partial charge in [0.1, 0.15) is 12.0 Å². The number of benzene rings is 4. The summed E-state index contributed by atoms with van der Waals surface area (Å²) in [7, 11) is 7.09. The number of fused-ring (bicyclic) bond motifs is 3. The minimum atomic E-state index is -0.0456. The maximum Gasteiger partial charge on any atom is 0.254 e. The third-order valence-corrected chi connectivity index (χ3v) is 9.14. The van der Waals surface area contributed by atoms with Crippen molar-refractivity contribution in [3.05, 3.63) is 94.0 Å². The van der Waals surface area contributed by atoms with Crippen LogP contribution >= 0.6 is 0 Å². The molecule has 0 radical (unpaired) electrons. The highest BCUT2D eigenvalue weighted by molar-refractivity contribution is 5.97. The van der Waals surface area contributed by atoms with Crippen molar-refractivity contribution in [2.75, 3.05) is 48.2 Å². The highest BCUT2D eigenvalue weighted by atomic mass is 16.7. The molecule has 0 fully saturated rings. The lowest BCUT2D eigenvalue weighted by Gasteiger charge is -2.36. The summed E-state index contributed by atoms with van der Waals surface area (Å²) in [5.74, 6) is 4.35. The molecular weight excluding hydrogens is 600 g/mol. The topological polar surface area (TPSA) is 96.0 Å². The van der Waals surface area contributed by atoms with Gasteiger partial charge in [-0.05, 0) is 91.5 Å². The lowest BCUT2D eigenvalue weighted by molar-refractivity contribution is 0.0780. The zero-order valence-electron chi connectivity index (χ0n) is 26.8. The van der Waals surface area contributed by atoms with E-state index >= 15 is 0 Å². The molecule has 3 aliphatic heterocycles. The van der Waals surface area contributed by atoms with Crippen molar-refractivity contribution in [3.8, 4) is 46.0 Å². The van der Waals surface area contributed by atoms with Crippen LogP contribution in [0.3, 0.4) is 0 Å². The largest absolute Gasteiger partial charge is 0.493 e. The highest BCUT2D eigenvalue weighted by Gasteiger charge is 2.35. The molecule has 0 saturated heterocycles. The fraction of sp³-hybridized carbons (Fsp3) is 0.297. The Hall–Kier alpha value is -5.22. The average molecular weight is 637 g/mol. The molecule has 0 saturated carbocycles. The maximum atomic E-state index is 13.1. The van der Waals surface area contributed by atoms with Gasteiger partial charge in [0, 0.05) is 42.9 Å². The minimum Gasteiger partial charge on any atom is -0.493 e. The van der Waals surface area contributed by atoms with E-state index in [1.807, 2.05) is 37.4 Å². The molecule has 0 spiro atoms. The fourth-order valence-electron chi connectivity index (χ4n) is 6.52. The molecular formula is C37H36N2O8. The number of rotatable bonds is 9. The monoisotopic (exact) mass is 636 g/mol. The Morgan fingerprint density at radius 3 is 2.36 bits per heavy atom. The molecule has 4 aromatic carbocycles. The van der Waals surface area contributed by atoms with Crippen LogP contribution < -0.4 is 28.4 Å². The van der Waals surface area contributed by atoms with E-state index in [-0.39, 0.29) is 18.7 Å². The Kier molecular flexibility index (Phi) is 8.11. The van der Waals surface area contributed by atoms with Crippen molar-refractivity contribution in [1.82, 2.24) is 9.80 Å². The molecule has 47 heavy (non-hydrogen) atoms. The van der Waals surface area contributed by atoms with E-state index in [2.05, 4.69) is 18.0 Å². The number of carbonyl (C=O) groups is 2. The molecule has 3 aliphatic rings. The van der Waals surface area contributed by atoms with Crippen LogP contribution in [0.25, 0.3) is 0 Å². The zero-order chi connectivity index (χ0) is 32.7. The molecule has 0 aliphatic carbocycles. The smallest absolute Gasteiger partial charge is 0.254 e. The van der Waals surface area contributed by atoms with Crippen LogP contribution in [0.15, 0.2) is 60.7 Å². The number of carbonyl (C=O) groups excluding carboxylic acids is 2.